The molecule has 1 aliphatic carbocycles. The van der Waals surface area contributed by atoms with Crippen molar-refractivity contribution in [1.82, 2.24) is 14.9 Å². The predicted octanol–water partition coefficient (Wildman–Crippen LogP) is 0.306. The lowest BCUT2D eigenvalue weighted by molar-refractivity contribution is -0.121. The van der Waals surface area contributed by atoms with Crippen molar-refractivity contribution in [3.8, 4) is 0 Å². The summed E-state index contributed by atoms with van der Waals surface area (Å²) in [6.45, 7) is 1.15. The summed E-state index contributed by atoms with van der Waals surface area (Å²) in [4.78, 5) is 11.6. The zero-order valence-corrected chi connectivity index (χ0v) is 13.3. The van der Waals surface area contributed by atoms with Crippen LogP contribution in [0.25, 0.3) is 0 Å². The van der Waals surface area contributed by atoms with Crippen LogP contribution in [0.4, 0.5) is 0 Å². The van der Waals surface area contributed by atoms with Crippen LogP contribution < -0.4 is 10.6 Å². The quantitative estimate of drug-likeness (QED) is 0.524. The van der Waals surface area contributed by atoms with Crippen molar-refractivity contribution in [2.75, 3.05) is 32.9 Å². The Balaban J connectivity index is 2.12. The smallest absolute Gasteiger partial charge is 0.235 e. The van der Waals surface area contributed by atoms with Crippen molar-refractivity contribution in [3.63, 3.8) is 0 Å². The van der Waals surface area contributed by atoms with Gasteiger partial charge >= 0.3 is 0 Å². The van der Waals surface area contributed by atoms with Gasteiger partial charge in [0.15, 0.2) is 0 Å². The monoisotopic (exact) mass is 305 g/mol. The van der Waals surface area contributed by atoms with Crippen LogP contribution in [-0.2, 0) is 14.8 Å². The summed E-state index contributed by atoms with van der Waals surface area (Å²) in [7, 11) is -1.89. The van der Waals surface area contributed by atoms with Crippen LogP contribution in [0.5, 0.6) is 0 Å². The second-order valence-corrected chi connectivity index (χ2v) is 7.60. The van der Waals surface area contributed by atoms with Gasteiger partial charge < -0.3 is 10.6 Å². The fourth-order valence-electron chi connectivity index (χ4n) is 2.34. The van der Waals surface area contributed by atoms with Crippen LogP contribution in [0.1, 0.15) is 38.5 Å². The third kappa shape index (κ3) is 7.21. The molecule has 20 heavy (non-hydrogen) atoms. The molecule has 118 valence electrons. The number of amides is 1. The maximum atomic E-state index is 11.6. The maximum absolute atomic E-state index is 11.6. The van der Waals surface area contributed by atoms with Gasteiger partial charge in [0.2, 0.25) is 15.9 Å². The van der Waals surface area contributed by atoms with Crippen molar-refractivity contribution in [1.29, 1.82) is 0 Å². The number of sulfonamides is 1. The van der Waals surface area contributed by atoms with E-state index in [0.717, 1.165) is 17.1 Å². The van der Waals surface area contributed by atoms with Crippen LogP contribution in [0.15, 0.2) is 0 Å². The highest BCUT2D eigenvalue weighted by Crippen LogP contribution is 2.16. The van der Waals surface area contributed by atoms with Gasteiger partial charge in [-0.05, 0) is 12.8 Å². The average Bonchev–Trinajstić information content (AvgIpc) is 2.62. The SMILES string of the molecule is CN(CC(=O)NCCNC1CCCCCC1)S(C)(=O)=O. The van der Waals surface area contributed by atoms with Crippen molar-refractivity contribution >= 4 is 15.9 Å². The fourth-order valence-corrected chi connectivity index (χ4v) is 2.69. The van der Waals surface area contributed by atoms with Crippen molar-refractivity contribution in [2.24, 2.45) is 0 Å². The molecule has 1 amide bonds. The molecule has 0 unspecified atom stereocenters. The first-order valence-corrected chi connectivity index (χ1v) is 9.16. The molecule has 7 heteroatoms. The summed E-state index contributed by atoms with van der Waals surface area (Å²) >= 11 is 0. The summed E-state index contributed by atoms with van der Waals surface area (Å²) < 4.78 is 23.4. The fraction of sp³-hybridized carbons (Fsp3) is 0.923. The lowest BCUT2D eigenvalue weighted by Crippen LogP contribution is -2.41. The van der Waals surface area contributed by atoms with E-state index in [1.165, 1.54) is 45.6 Å². The Bertz CT molecular complexity index is 390. The van der Waals surface area contributed by atoms with E-state index in [0.29, 0.717) is 12.6 Å². The van der Waals surface area contributed by atoms with Gasteiger partial charge in [0.25, 0.3) is 0 Å². The highest BCUT2D eigenvalue weighted by Gasteiger charge is 2.15. The molecule has 0 saturated heterocycles. The number of rotatable bonds is 7. The van der Waals surface area contributed by atoms with Gasteiger partial charge in [-0.3, -0.25) is 4.79 Å². The standard InChI is InChI=1S/C13H27N3O3S/c1-16(20(2,18)19)11-13(17)15-10-9-14-12-7-5-3-4-6-8-12/h12,14H,3-11H2,1-2H3,(H,15,17). The number of likely N-dealkylation sites (N-methyl/N-ethyl adjacent to an activating group) is 1. The van der Waals surface area contributed by atoms with E-state index in [1.54, 1.807) is 0 Å². The van der Waals surface area contributed by atoms with Gasteiger partial charge in [-0.15, -0.1) is 0 Å². The van der Waals surface area contributed by atoms with Crippen molar-refractivity contribution in [3.05, 3.63) is 0 Å². The molecule has 0 bridgehead atoms. The number of hydrogen-bond donors (Lipinski definition) is 2. The molecule has 1 fully saturated rings. The molecule has 0 atom stereocenters. The number of carbonyl (C=O) groups is 1. The van der Waals surface area contributed by atoms with Crippen LogP contribution in [0.3, 0.4) is 0 Å². The van der Waals surface area contributed by atoms with Crippen LogP contribution >= 0.6 is 0 Å². The van der Waals surface area contributed by atoms with Gasteiger partial charge in [0.1, 0.15) is 0 Å². The van der Waals surface area contributed by atoms with Gasteiger partial charge in [-0.2, -0.15) is 4.31 Å². The van der Waals surface area contributed by atoms with E-state index in [2.05, 4.69) is 10.6 Å². The van der Waals surface area contributed by atoms with Crippen LogP contribution in [0.2, 0.25) is 0 Å². The highest BCUT2D eigenvalue weighted by atomic mass is 32.2. The minimum absolute atomic E-state index is 0.123. The third-order valence-corrected chi connectivity index (χ3v) is 4.93. The molecule has 1 aliphatic rings. The molecule has 0 aromatic heterocycles. The Morgan fingerprint density at radius 1 is 1.15 bits per heavy atom. The molecule has 0 radical (unpaired) electrons. The molecular formula is C13H27N3O3S. The average molecular weight is 305 g/mol. The van der Waals surface area contributed by atoms with Gasteiger partial charge in [0, 0.05) is 26.2 Å². The minimum Gasteiger partial charge on any atom is -0.354 e. The van der Waals surface area contributed by atoms with Gasteiger partial charge in [0.05, 0.1) is 12.8 Å². The summed E-state index contributed by atoms with van der Waals surface area (Å²) in [5.41, 5.74) is 0. The normalized spacial score (nSPS) is 17.9. The first-order chi connectivity index (χ1) is 9.39. The summed E-state index contributed by atoms with van der Waals surface area (Å²) in [6, 6.07) is 0.563. The van der Waals surface area contributed by atoms with Crippen molar-refractivity contribution in [2.45, 2.75) is 44.6 Å². The topological polar surface area (TPSA) is 78.5 Å². The first-order valence-electron chi connectivity index (χ1n) is 7.31. The molecular weight excluding hydrogens is 278 g/mol. The van der Waals surface area contributed by atoms with Crippen LogP contribution in [-0.4, -0.2) is 57.6 Å². The Kier molecular flexibility index (Phi) is 7.47. The summed E-state index contributed by atoms with van der Waals surface area (Å²) in [6.07, 6.45) is 8.73. The van der Waals surface area contributed by atoms with Gasteiger partial charge in [-0.25, -0.2) is 8.42 Å². The number of nitrogens with zero attached hydrogens (tertiary/aromatic N) is 1. The molecule has 0 heterocycles. The molecule has 1 rings (SSSR count). The Labute approximate surface area is 122 Å². The number of nitrogens with one attached hydrogen (secondary N) is 2. The first kappa shape index (κ1) is 17.4. The van der Waals surface area contributed by atoms with Crippen LogP contribution in [0, 0.1) is 0 Å². The summed E-state index contributed by atoms with van der Waals surface area (Å²) in [5, 5.41) is 6.19. The lowest BCUT2D eigenvalue weighted by atomic mass is 10.1. The second kappa shape index (κ2) is 8.59. The largest absolute Gasteiger partial charge is 0.354 e. The van der Waals surface area contributed by atoms with E-state index in [-0.39, 0.29) is 12.5 Å². The van der Waals surface area contributed by atoms with E-state index < -0.39 is 10.0 Å². The van der Waals surface area contributed by atoms with Crippen molar-refractivity contribution < 1.29 is 13.2 Å². The lowest BCUT2D eigenvalue weighted by Gasteiger charge is -2.17. The predicted molar refractivity (Wildman–Crippen MR) is 80.0 cm³/mol. The molecule has 0 aromatic rings. The molecule has 6 nitrogen and oxygen atoms in total. The van der Waals surface area contributed by atoms with E-state index in [1.807, 2.05) is 0 Å². The Hall–Kier alpha value is -0.660. The highest BCUT2D eigenvalue weighted by molar-refractivity contribution is 7.88. The maximum Gasteiger partial charge on any atom is 0.235 e. The summed E-state index contributed by atoms with van der Waals surface area (Å²) in [5.74, 6) is -0.263. The molecule has 0 aromatic carbocycles. The Morgan fingerprint density at radius 3 is 2.30 bits per heavy atom. The molecule has 0 spiro atoms. The zero-order valence-electron chi connectivity index (χ0n) is 12.5. The molecule has 2 N–H and O–H groups in total. The number of carbonyl (C=O) groups excluding carboxylic acids is 1. The Morgan fingerprint density at radius 2 is 1.75 bits per heavy atom. The molecule has 1 saturated carbocycles. The van der Waals surface area contributed by atoms with E-state index >= 15 is 0 Å². The zero-order chi connectivity index (χ0) is 15.0. The van der Waals surface area contributed by atoms with E-state index in [4.69, 9.17) is 0 Å². The van der Waals surface area contributed by atoms with Gasteiger partial charge in [-0.1, -0.05) is 25.7 Å². The molecule has 0 aliphatic heterocycles. The number of hydrogen-bond acceptors (Lipinski definition) is 4. The minimum atomic E-state index is -3.29. The van der Waals surface area contributed by atoms with E-state index in [9.17, 15) is 13.2 Å². The second-order valence-electron chi connectivity index (χ2n) is 5.51. The third-order valence-electron chi connectivity index (χ3n) is 3.67.